The van der Waals surface area contributed by atoms with Gasteiger partial charge in [-0.2, -0.15) is 5.26 Å². The zero-order valence-electron chi connectivity index (χ0n) is 15.6. The van der Waals surface area contributed by atoms with Gasteiger partial charge >= 0.3 is 0 Å². The van der Waals surface area contributed by atoms with Crippen LogP contribution < -0.4 is 10.6 Å². The highest BCUT2D eigenvalue weighted by atomic mass is 35.5. The molecule has 1 amide bonds. The van der Waals surface area contributed by atoms with Crippen molar-refractivity contribution < 1.29 is 4.79 Å². The number of nitrogens with one attached hydrogen (secondary N) is 2. The van der Waals surface area contributed by atoms with E-state index >= 15 is 0 Å². The third-order valence-corrected chi connectivity index (χ3v) is 5.67. The molecule has 2 aromatic carbocycles. The first-order valence-electron chi connectivity index (χ1n) is 8.92. The fourth-order valence-corrected chi connectivity index (χ4v) is 4.29. The van der Waals surface area contributed by atoms with Crippen LogP contribution in [0.3, 0.4) is 0 Å². The highest BCUT2D eigenvalue weighted by Crippen LogP contribution is 2.43. The highest BCUT2D eigenvalue weighted by molar-refractivity contribution is 8.03. The zero-order valence-corrected chi connectivity index (χ0v) is 17.2. The summed E-state index contributed by atoms with van der Waals surface area (Å²) >= 11 is 8.02. The molecule has 0 fully saturated rings. The fourth-order valence-electron chi connectivity index (χ4n) is 3.21. The van der Waals surface area contributed by atoms with E-state index in [2.05, 4.69) is 16.7 Å². The molecule has 6 heteroatoms. The van der Waals surface area contributed by atoms with E-state index in [4.69, 9.17) is 11.6 Å². The molecule has 142 valence electrons. The first kappa shape index (κ1) is 20.1. The second kappa shape index (κ2) is 9.01. The number of benzene rings is 2. The lowest BCUT2D eigenvalue weighted by atomic mass is 9.82. The number of anilines is 1. The lowest BCUT2D eigenvalue weighted by Crippen LogP contribution is -2.30. The molecule has 3 rings (SSSR count). The van der Waals surface area contributed by atoms with Crippen LogP contribution in [0.5, 0.6) is 0 Å². The molecule has 4 nitrogen and oxygen atoms in total. The van der Waals surface area contributed by atoms with Gasteiger partial charge in [-0.15, -0.1) is 11.8 Å². The summed E-state index contributed by atoms with van der Waals surface area (Å²) in [5.74, 6) is 0.0221. The summed E-state index contributed by atoms with van der Waals surface area (Å²) in [6.07, 6.45) is 0. The Balaban J connectivity index is 2.11. The summed E-state index contributed by atoms with van der Waals surface area (Å²) in [6, 6.07) is 18.9. The van der Waals surface area contributed by atoms with Crippen LogP contribution in [0.1, 0.15) is 25.3 Å². The standard InChI is InChI=1S/C22H20ClN3OS/c1-3-28-22-17(13-24)20(16-11-7-8-12-18(16)23)19(14(2)25-22)21(27)26-15-9-5-4-6-10-15/h4-12,20,25H,3H2,1-2H3,(H,26,27)/t20-/m0/s1. The van der Waals surface area contributed by atoms with Gasteiger partial charge in [0.1, 0.15) is 0 Å². The summed E-state index contributed by atoms with van der Waals surface area (Å²) in [6.45, 7) is 3.88. The third kappa shape index (κ3) is 4.09. The van der Waals surface area contributed by atoms with Gasteiger partial charge in [0.25, 0.3) is 5.91 Å². The topological polar surface area (TPSA) is 64.9 Å². The molecule has 2 aromatic rings. The molecule has 0 radical (unpaired) electrons. The molecular formula is C22H20ClN3OS. The van der Waals surface area contributed by atoms with Gasteiger partial charge in [-0.3, -0.25) is 4.79 Å². The van der Waals surface area contributed by atoms with Gasteiger partial charge in [0.2, 0.25) is 0 Å². The van der Waals surface area contributed by atoms with Crippen molar-refractivity contribution in [3.63, 3.8) is 0 Å². The molecule has 0 unspecified atom stereocenters. The maximum atomic E-state index is 13.2. The van der Waals surface area contributed by atoms with Crippen molar-refractivity contribution in [3.05, 3.63) is 87.1 Å². The largest absolute Gasteiger partial charge is 0.353 e. The van der Waals surface area contributed by atoms with E-state index in [1.165, 1.54) is 0 Å². The summed E-state index contributed by atoms with van der Waals surface area (Å²) in [7, 11) is 0. The Bertz CT molecular complexity index is 992. The Kier molecular flexibility index (Phi) is 6.45. The van der Waals surface area contributed by atoms with Gasteiger partial charge in [-0.25, -0.2) is 0 Å². The van der Waals surface area contributed by atoms with Gasteiger partial charge in [-0.05, 0) is 36.4 Å². The monoisotopic (exact) mass is 409 g/mol. The van der Waals surface area contributed by atoms with E-state index in [0.717, 1.165) is 16.3 Å². The van der Waals surface area contributed by atoms with Crippen molar-refractivity contribution in [1.29, 1.82) is 5.26 Å². The van der Waals surface area contributed by atoms with Crippen molar-refractivity contribution >= 4 is 35.0 Å². The predicted octanol–water partition coefficient (Wildman–Crippen LogP) is 5.43. The molecule has 0 aromatic heterocycles. The minimum absolute atomic E-state index is 0.255. The number of amides is 1. The summed E-state index contributed by atoms with van der Waals surface area (Å²) in [4.78, 5) is 13.2. The SMILES string of the molecule is CCSC1=C(C#N)[C@H](c2ccccc2Cl)C(C(=O)Nc2ccccc2)=C(C)N1. The molecule has 2 N–H and O–H groups in total. The summed E-state index contributed by atoms with van der Waals surface area (Å²) in [5, 5.41) is 17.4. The number of thioether (sulfide) groups is 1. The van der Waals surface area contributed by atoms with Crippen LogP contribution >= 0.6 is 23.4 Å². The third-order valence-electron chi connectivity index (χ3n) is 4.43. The molecule has 1 aliphatic rings. The van der Waals surface area contributed by atoms with Crippen molar-refractivity contribution in [2.75, 3.05) is 11.1 Å². The van der Waals surface area contributed by atoms with Crippen molar-refractivity contribution in [2.45, 2.75) is 19.8 Å². The average molecular weight is 410 g/mol. The first-order chi connectivity index (χ1) is 13.6. The molecule has 0 saturated carbocycles. The number of halogens is 1. The Hall–Kier alpha value is -2.68. The predicted molar refractivity (Wildman–Crippen MR) is 116 cm³/mol. The number of para-hydroxylation sites is 1. The molecule has 1 aliphatic heterocycles. The Morgan fingerprint density at radius 1 is 1.21 bits per heavy atom. The minimum Gasteiger partial charge on any atom is -0.353 e. The fraction of sp³-hybridized carbons (Fsp3) is 0.182. The number of allylic oxidation sites excluding steroid dienone is 2. The Morgan fingerprint density at radius 2 is 1.89 bits per heavy atom. The number of rotatable bonds is 5. The molecule has 28 heavy (non-hydrogen) atoms. The molecule has 1 heterocycles. The van der Waals surface area contributed by atoms with Crippen LogP contribution in [0.15, 0.2) is 76.5 Å². The quantitative estimate of drug-likeness (QED) is 0.691. The van der Waals surface area contributed by atoms with E-state index in [-0.39, 0.29) is 5.91 Å². The van der Waals surface area contributed by atoms with Gasteiger partial charge < -0.3 is 10.6 Å². The van der Waals surface area contributed by atoms with Crippen molar-refractivity contribution in [2.24, 2.45) is 0 Å². The molecule has 0 aliphatic carbocycles. The molecule has 0 spiro atoms. The van der Waals surface area contributed by atoms with E-state index in [1.54, 1.807) is 17.8 Å². The van der Waals surface area contributed by atoms with E-state index in [1.807, 2.05) is 62.4 Å². The lowest BCUT2D eigenvalue weighted by Gasteiger charge is -2.30. The van der Waals surface area contributed by atoms with Crippen molar-refractivity contribution in [1.82, 2.24) is 5.32 Å². The molecule has 1 atom stereocenters. The maximum absolute atomic E-state index is 13.2. The average Bonchev–Trinajstić information content (AvgIpc) is 2.69. The number of hydrogen-bond acceptors (Lipinski definition) is 4. The second-order valence-electron chi connectivity index (χ2n) is 6.23. The number of nitriles is 1. The number of hydrogen-bond donors (Lipinski definition) is 2. The number of nitrogens with zero attached hydrogens (tertiary/aromatic N) is 1. The number of carbonyl (C=O) groups excluding carboxylic acids is 1. The van der Waals surface area contributed by atoms with Gasteiger partial charge in [0.15, 0.2) is 0 Å². The minimum atomic E-state index is -0.530. The van der Waals surface area contributed by atoms with Gasteiger partial charge in [0, 0.05) is 22.0 Å². The summed E-state index contributed by atoms with van der Waals surface area (Å²) in [5.41, 5.74) is 3.15. The van der Waals surface area contributed by atoms with Crippen LogP contribution in [0, 0.1) is 11.3 Å². The highest BCUT2D eigenvalue weighted by Gasteiger charge is 2.35. The van der Waals surface area contributed by atoms with E-state index < -0.39 is 5.92 Å². The smallest absolute Gasteiger partial charge is 0.254 e. The molecule has 0 bridgehead atoms. The number of carbonyl (C=O) groups is 1. The van der Waals surface area contributed by atoms with Gasteiger partial charge in [0.05, 0.1) is 22.6 Å². The van der Waals surface area contributed by atoms with Gasteiger partial charge in [-0.1, -0.05) is 54.9 Å². The maximum Gasteiger partial charge on any atom is 0.254 e. The lowest BCUT2D eigenvalue weighted by molar-refractivity contribution is -0.113. The Labute approximate surface area is 174 Å². The van der Waals surface area contributed by atoms with Crippen LogP contribution in [0.4, 0.5) is 5.69 Å². The zero-order chi connectivity index (χ0) is 20.1. The normalized spacial score (nSPS) is 16.4. The van der Waals surface area contributed by atoms with E-state index in [0.29, 0.717) is 27.6 Å². The van der Waals surface area contributed by atoms with Crippen LogP contribution in [-0.4, -0.2) is 11.7 Å². The van der Waals surface area contributed by atoms with Crippen molar-refractivity contribution in [3.8, 4) is 6.07 Å². The first-order valence-corrected chi connectivity index (χ1v) is 10.3. The van der Waals surface area contributed by atoms with E-state index in [9.17, 15) is 10.1 Å². The molecular weight excluding hydrogens is 390 g/mol. The van der Waals surface area contributed by atoms with Crippen LogP contribution in [0.2, 0.25) is 5.02 Å². The summed E-state index contributed by atoms with van der Waals surface area (Å²) < 4.78 is 0. The van der Waals surface area contributed by atoms with Crippen LogP contribution in [0.25, 0.3) is 0 Å². The Morgan fingerprint density at radius 3 is 2.54 bits per heavy atom. The van der Waals surface area contributed by atoms with Crippen LogP contribution in [-0.2, 0) is 4.79 Å². The molecule has 0 saturated heterocycles. The number of dihydropyridines is 1. The second-order valence-corrected chi connectivity index (χ2v) is 7.91.